The van der Waals surface area contributed by atoms with E-state index in [0.717, 1.165) is 19.2 Å². The molecule has 0 fully saturated rings. The molecule has 0 aromatic carbocycles. The minimum Gasteiger partial charge on any atom is -0.368 e. The molecule has 1 rings (SSSR count). The van der Waals surface area contributed by atoms with Crippen LogP contribution < -0.4 is 11.1 Å². The first-order valence-corrected chi connectivity index (χ1v) is 5.16. The SMILES string of the molecule is CN(C)CCCNc1nc(N)ncc1[N+](=O)[O-]. The van der Waals surface area contributed by atoms with Crippen LogP contribution in [0.25, 0.3) is 0 Å². The van der Waals surface area contributed by atoms with Crippen LogP contribution >= 0.6 is 0 Å². The summed E-state index contributed by atoms with van der Waals surface area (Å²) in [6, 6.07) is 0. The van der Waals surface area contributed by atoms with E-state index in [-0.39, 0.29) is 17.5 Å². The maximum atomic E-state index is 10.7. The van der Waals surface area contributed by atoms with Crippen LogP contribution in [0.15, 0.2) is 6.20 Å². The Labute approximate surface area is 99.0 Å². The molecule has 94 valence electrons. The van der Waals surface area contributed by atoms with Gasteiger partial charge in [0, 0.05) is 6.54 Å². The number of rotatable bonds is 6. The van der Waals surface area contributed by atoms with Crippen molar-refractivity contribution in [3.63, 3.8) is 0 Å². The summed E-state index contributed by atoms with van der Waals surface area (Å²) in [4.78, 5) is 19.6. The van der Waals surface area contributed by atoms with E-state index in [2.05, 4.69) is 15.3 Å². The van der Waals surface area contributed by atoms with Crippen molar-refractivity contribution < 1.29 is 4.92 Å². The first-order valence-electron chi connectivity index (χ1n) is 5.16. The molecule has 1 heterocycles. The molecule has 1 aromatic rings. The molecule has 1 aromatic heterocycles. The molecule has 0 aliphatic carbocycles. The second kappa shape index (κ2) is 5.94. The Balaban J connectivity index is 2.62. The molecule has 0 radical (unpaired) electrons. The van der Waals surface area contributed by atoms with E-state index in [4.69, 9.17) is 5.73 Å². The van der Waals surface area contributed by atoms with E-state index < -0.39 is 4.92 Å². The highest BCUT2D eigenvalue weighted by Crippen LogP contribution is 2.20. The van der Waals surface area contributed by atoms with Gasteiger partial charge < -0.3 is 16.0 Å². The normalized spacial score (nSPS) is 10.5. The molecule has 0 bridgehead atoms. The highest BCUT2D eigenvalue weighted by Gasteiger charge is 2.15. The maximum Gasteiger partial charge on any atom is 0.329 e. The molecule has 0 spiro atoms. The topological polar surface area (TPSA) is 110 Å². The average Bonchev–Trinajstić information content (AvgIpc) is 2.23. The Morgan fingerprint density at radius 2 is 2.29 bits per heavy atom. The number of nitrogens with one attached hydrogen (secondary N) is 1. The zero-order valence-corrected chi connectivity index (χ0v) is 9.88. The van der Waals surface area contributed by atoms with Crippen molar-refractivity contribution >= 4 is 17.5 Å². The quantitative estimate of drug-likeness (QED) is 0.418. The van der Waals surface area contributed by atoms with E-state index in [9.17, 15) is 10.1 Å². The molecular weight excluding hydrogens is 224 g/mol. The highest BCUT2D eigenvalue weighted by atomic mass is 16.6. The van der Waals surface area contributed by atoms with Crippen molar-refractivity contribution in [3.8, 4) is 0 Å². The molecule has 3 N–H and O–H groups in total. The first-order chi connectivity index (χ1) is 8.00. The molecule has 8 nitrogen and oxygen atoms in total. The predicted molar refractivity (Wildman–Crippen MR) is 64.8 cm³/mol. The monoisotopic (exact) mass is 240 g/mol. The predicted octanol–water partition coefficient (Wildman–Crippen LogP) is 0.331. The molecular formula is C9H16N6O2. The standard InChI is InChI=1S/C9H16N6O2/c1-14(2)5-3-4-11-8-7(15(16)17)6-12-9(10)13-8/h6H,3-5H2,1-2H3,(H3,10,11,12,13). The third-order valence-corrected chi connectivity index (χ3v) is 2.06. The number of nitrogens with two attached hydrogens (primary N) is 1. The lowest BCUT2D eigenvalue weighted by atomic mass is 10.4. The Bertz CT molecular complexity index is 395. The summed E-state index contributed by atoms with van der Waals surface area (Å²) in [5.74, 6) is 0.187. The molecule has 0 atom stereocenters. The zero-order valence-electron chi connectivity index (χ0n) is 9.88. The summed E-state index contributed by atoms with van der Waals surface area (Å²) < 4.78 is 0. The van der Waals surface area contributed by atoms with Crippen LogP contribution in [0, 0.1) is 10.1 Å². The van der Waals surface area contributed by atoms with Crippen LogP contribution in [-0.2, 0) is 0 Å². The summed E-state index contributed by atoms with van der Waals surface area (Å²) in [5, 5.41) is 13.6. The van der Waals surface area contributed by atoms with E-state index in [0.29, 0.717) is 6.54 Å². The Hall–Kier alpha value is -1.96. The van der Waals surface area contributed by atoms with E-state index in [1.54, 1.807) is 0 Å². The lowest BCUT2D eigenvalue weighted by Gasteiger charge is -2.10. The van der Waals surface area contributed by atoms with Crippen LogP contribution in [0.2, 0.25) is 0 Å². The highest BCUT2D eigenvalue weighted by molar-refractivity contribution is 5.56. The van der Waals surface area contributed by atoms with Crippen molar-refractivity contribution in [2.45, 2.75) is 6.42 Å². The number of nitrogens with zero attached hydrogens (tertiary/aromatic N) is 4. The van der Waals surface area contributed by atoms with Gasteiger partial charge >= 0.3 is 5.69 Å². The average molecular weight is 240 g/mol. The zero-order chi connectivity index (χ0) is 12.8. The van der Waals surface area contributed by atoms with Crippen LogP contribution in [0.5, 0.6) is 0 Å². The molecule has 0 unspecified atom stereocenters. The van der Waals surface area contributed by atoms with Crippen molar-refractivity contribution in [2.24, 2.45) is 0 Å². The van der Waals surface area contributed by atoms with Gasteiger partial charge in [0.25, 0.3) is 0 Å². The summed E-state index contributed by atoms with van der Waals surface area (Å²) in [6.07, 6.45) is 1.96. The van der Waals surface area contributed by atoms with Crippen LogP contribution in [0.1, 0.15) is 6.42 Å². The number of nitro groups is 1. The summed E-state index contributed by atoms with van der Waals surface area (Å²) >= 11 is 0. The lowest BCUT2D eigenvalue weighted by molar-refractivity contribution is -0.384. The van der Waals surface area contributed by atoms with Gasteiger partial charge in [-0.15, -0.1) is 0 Å². The fraction of sp³-hybridized carbons (Fsp3) is 0.556. The Kier molecular flexibility index (Phi) is 4.58. The van der Waals surface area contributed by atoms with Gasteiger partial charge in [0.1, 0.15) is 6.20 Å². The minimum atomic E-state index is -0.534. The van der Waals surface area contributed by atoms with Crippen molar-refractivity contribution in [3.05, 3.63) is 16.3 Å². The van der Waals surface area contributed by atoms with E-state index in [1.165, 1.54) is 0 Å². The molecule has 0 aliphatic heterocycles. The molecule has 17 heavy (non-hydrogen) atoms. The van der Waals surface area contributed by atoms with Gasteiger partial charge in [-0.05, 0) is 27.1 Å². The van der Waals surface area contributed by atoms with Gasteiger partial charge in [-0.2, -0.15) is 4.98 Å². The Morgan fingerprint density at radius 1 is 1.59 bits per heavy atom. The molecule has 0 amide bonds. The number of aromatic nitrogens is 2. The van der Waals surface area contributed by atoms with Gasteiger partial charge in [-0.3, -0.25) is 10.1 Å². The number of nitrogen functional groups attached to an aromatic ring is 1. The Morgan fingerprint density at radius 3 is 2.88 bits per heavy atom. The van der Waals surface area contributed by atoms with Crippen LogP contribution in [0.3, 0.4) is 0 Å². The van der Waals surface area contributed by atoms with Gasteiger partial charge in [0.2, 0.25) is 11.8 Å². The summed E-state index contributed by atoms with van der Waals surface area (Å²) in [6.45, 7) is 1.48. The smallest absolute Gasteiger partial charge is 0.329 e. The molecule has 0 aliphatic rings. The first kappa shape index (κ1) is 13.1. The fourth-order valence-corrected chi connectivity index (χ4v) is 1.25. The molecule has 0 saturated carbocycles. The third kappa shape index (κ3) is 4.19. The summed E-state index contributed by atoms with van der Waals surface area (Å²) in [7, 11) is 3.93. The van der Waals surface area contributed by atoms with E-state index >= 15 is 0 Å². The largest absolute Gasteiger partial charge is 0.368 e. The number of anilines is 2. The van der Waals surface area contributed by atoms with Crippen molar-refractivity contribution in [2.75, 3.05) is 38.2 Å². The molecule has 0 saturated heterocycles. The fourth-order valence-electron chi connectivity index (χ4n) is 1.25. The number of hydrogen-bond donors (Lipinski definition) is 2. The van der Waals surface area contributed by atoms with E-state index in [1.807, 2.05) is 19.0 Å². The minimum absolute atomic E-state index is 0.0192. The second-order valence-corrected chi connectivity index (χ2v) is 3.80. The molecule has 8 heteroatoms. The second-order valence-electron chi connectivity index (χ2n) is 3.80. The maximum absolute atomic E-state index is 10.7. The van der Waals surface area contributed by atoms with Crippen molar-refractivity contribution in [1.82, 2.24) is 14.9 Å². The van der Waals surface area contributed by atoms with Gasteiger partial charge in [-0.1, -0.05) is 0 Å². The van der Waals surface area contributed by atoms with Crippen LogP contribution in [0.4, 0.5) is 17.5 Å². The number of hydrogen-bond acceptors (Lipinski definition) is 7. The third-order valence-electron chi connectivity index (χ3n) is 2.06. The van der Waals surface area contributed by atoms with Crippen molar-refractivity contribution in [1.29, 1.82) is 0 Å². The summed E-state index contributed by atoms with van der Waals surface area (Å²) in [5.41, 5.74) is 5.22. The van der Waals surface area contributed by atoms with Gasteiger partial charge in [0.05, 0.1) is 4.92 Å². The van der Waals surface area contributed by atoms with Crippen LogP contribution in [-0.4, -0.2) is 47.0 Å². The lowest BCUT2D eigenvalue weighted by Crippen LogP contribution is -2.17. The van der Waals surface area contributed by atoms with Gasteiger partial charge in [-0.25, -0.2) is 4.98 Å². The van der Waals surface area contributed by atoms with Gasteiger partial charge in [0.15, 0.2) is 0 Å².